The van der Waals surface area contributed by atoms with Gasteiger partial charge in [0, 0.05) is 6.07 Å². The lowest BCUT2D eigenvalue weighted by atomic mass is 10.3. The average Bonchev–Trinajstić information content (AvgIpc) is 2.47. The van der Waals surface area contributed by atoms with Gasteiger partial charge in [0.15, 0.2) is 5.82 Å². The number of benzene rings is 1. The number of hydrazine groups is 1. The molecule has 0 unspecified atom stereocenters. The van der Waals surface area contributed by atoms with Crippen LogP contribution in [0.25, 0.3) is 11.0 Å². The second-order valence-corrected chi connectivity index (χ2v) is 2.51. The Balaban J connectivity index is 2.75. The van der Waals surface area contributed by atoms with Crippen molar-refractivity contribution in [2.75, 3.05) is 5.43 Å². The lowest BCUT2D eigenvalue weighted by molar-refractivity contribution is 0.591. The highest BCUT2D eigenvalue weighted by Gasteiger charge is 2.08. The first-order chi connectivity index (χ1) is 6.20. The topological polar surface area (TPSA) is 66.7 Å². The molecule has 1 aromatic carbocycles. The zero-order valence-corrected chi connectivity index (χ0v) is 6.44. The van der Waals surface area contributed by atoms with Crippen LogP contribution in [0.4, 0.5) is 14.7 Å². The molecule has 0 amide bonds. The van der Waals surface area contributed by atoms with Gasteiger partial charge in [0.2, 0.25) is 5.95 Å². The van der Waals surface area contributed by atoms with Crippen LogP contribution in [0.3, 0.4) is 0 Å². The lowest BCUT2D eigenvalue weighted by Crippen LogP contribution is -2.07. The largest absolute Gasteiger partial charge is 0.323 e. The van der Waals surface area contributed by atoms with Crippen molar-refractivity contribution in [3.8, 4) is 0 Å². The van der Waals surface area contributed by atoms with E-state index in [1.165, 1.54) is 0 Å². The molecule has 4 N–H and O–H groups in total. The Bertz CT molecular complexity index is 451. The molecule has 4 nitrogen and oxygen atoms in total. The third kappa shape index (κ3) is 1.20. The van der Waals surface area contributed by atoms with Gasteiger partial charge in [0.25, 0.3) is 0 Å². The first-order valence-electron chi connectivity index (χ1n) is 3.52. The summed E-state index contributed by atoms with van der Waals surface area (Å²) in [6.45, 7) is 0. The number of nitrogens with one attached hydrogen (secondary N) is 2. The molecule has 0 aliphatic rings. The summed E-state index contributed by atoms with van der Waals surface area (Å²) in [5.41, 5.74) is 2.54. The maximum absolute atomic E-state index is 13.0. The number of hydrogen-bond donors (Lipinski definition) is 3. The van der Waals surface area contributed by atoms with Crippen LogP contribution >= 0.6 is 0 Å². The van der Waals surface area contributed by atoms with Gasteiger partial charge in [-0.2, -0.15) is 0 Å². The highest BCUT2D eigenvalue weighted by Crippen LogP contribution is 2.18. The summed E-state index contributed by atoms with van der Waals surface area (Å²) in [6.07, 6.45) is 0. The van der Waals surface area contributed by atoms with Crippen LogP contribution in [0, 0.1) is 11.6 Å². The summed E-state index contributed by atoms with van der Waals surface area (Å²) in [7, 11) is 0. The van der Waals surface area contributed by atoms with E-state index in [9.17, 15) is 8.78 Å². The first-order valence-corrected chi connectivity index (χ1v) is 3.52. The number of rotatable bonds is 1. The molecule has 6 heteroatoms. The second kappa shape index (κ2) is 2.67. The Labute approximate surface area is 71.7 Å². The zero-order valence-electron chi connectivity index (χ0n) is 6.44. The molecule has 0 spiro atoms. The first kappa shape index (κ1) is 7.93. The standard InChI is InChI=1S/C7H6F2N4/c8-3-1-4(9)6-5(2-3)11-7(12-6)13-10/h1-2H,10H2,(H2,11,12,13). The van der Waals surface area contributed by atoms with Crippen molar-refractivity contribution in [2.45, 2.75) is 0 Å². The smallest absolute Gasteiger partial charge is 0.215 e. The van der Waals surface area contributed by atoms with Gasteiger partial charge in [-0.3, -0.25) is 5.43 Å². The highest BCUT2D eigenvalue weighted by atomic mass is 19.1. The Morgan fingerprint density at radius 3 is 2.85 bits per heavy atom. The van der Waals surface area contributed by atoms with Gasteiger partial charge in [0.05, 0.1) is 5.52 Å². The van der Waals surface area contributed by atoms with E-state index in [-0.39, 0.29) is 17.0 Å². The third-order valence-electron chi connectivity index (χ3n) is 1.64. The van der Waals surface area contributed by atoms with E-state index in [0.29, 0.717) is 0 Å². The molecule has 0 radical (unpaired) electrons. The van der Waals surface area contributed by atoms with Gasteiger partial charge in [-0.05, 0) is 6.07 Å². The van der Waals surface area contributed by atoms with E-state index in [1.807, 2.05) is 0 Å². The Kier molecular flexibility index (Phi) is 1.63. The van der Waals surface area contributed by atoms with Crippen LogP contribution in [0.15, 0.2) is 12.1 Å². The predicted molar refractivity (Wildman–Crippen MR) is 43.8 cm³/mol. The maximum Gasteiger partial charge on any atom is 0.215 e. The number of aromatic amines is 1. The number of anilines is 1. The van der Waals surface area contributed by atoms with Gasteiger partial charge >= 0.3 is 0 Å². The van der Waals surface area contributed by atoms with E-state index < -0.39 is 11.6 Å². The summed E-state index contributed by atoms with van der Waals surface area (Å²) >= 11 is 0. The van der Waals surface area contributed by atoms with Crippen molar-refractivity contribution in [1.82, 2.24) is 9.97 Å². The second-order valence-electron chi connectivity index (χ2n) is 2.51. The Hall–Kier alpha value is -1.69. The molecule has 0 bridgehead atoms. The molecule has 0 saturated heterocycles. The van der Waals surface area contributed by atoms with Crippen LogP contribution in [0.2, 0.25) is 0 Å². The molecular formula is C7H6F2N4. The molecule has 0 atom stereocenters. The number of hydrogen-bond acceptors (Lipinski definition) is 3. The quantitative estimate of drug-likeness (QED) is 0.459. The summed E-state index contributed by atoms with van der Waals surface area (Å²) in [4.78, 5) is 6.34. The van der Waals surface area contributed by atoms with Crippen LogP contribution < -0.4 is 11.3 Å². The van der Waals surface area contributed by atoms with Gasteiger partial charge in [-0.1, -0.05) is 0 Å². The molecule has 0 fully saturated rings. The van der Waals surface area contributed by atoms with Crippen LogP contribution in [-0.2, 0) is 0 Å². The van der Waals surface area contributed by atoms with Crippen molar-refractivity contribution in [1.29, 1.82) is 0 Å². The van der Waals surface area contributed by atoms with Gasteiger partial charge < -0.3 is 4.98 Å². The van der Waals surface area contributed by atoms with E-state index in [2.05, 4.69) is 15.4 Å². The number of halogens is 2. The van der Waals surface area contributed by atoms with E-state index >= 15 is 0 Å². The maximum atomic E-state index is 13.0. The molecule has 0 aliphatic carbocycles. The number of aromatic nitrogens is 2. The fraction of sp³-hybridized carbons (Fsp3) is 0. The molecule has 1 aromatic heterocycles. The van der Waals surface area contributed by atoms with Crippen molar-refractivity contribution in [3.63, 3.8) is 0 Å². The average molecular weight is 184 g/mol. The minimum Gasteiger partial charge on any atom is -0.323 e. The van der Waals surface area contributed by atoms with E-state index in [0.717, 1.165) is 12.1 Å². The SMILES string of the molecule is NNc1nc2c(F)cc(F)cc2[nH]1. The summed E-state index contributed by atoms with van der Waals surface area (Å²) < 4.78 is 25.7. The molecule has 68 valence electrons. The molecule has 0 aliphatic heterocycles. The number of nitrogens with two attached hydrogens (primary N) is 1. The summed E-state index contributed by atoms with van der Waals surface area (Å²) in [5, 5.41) is 0. The molecule has 0 saturated carbocycles. The normalized spacial score (nSPS) is 10.7. The van der Waals surface area contributed by atoms with Crippen LogP contribution in [0.5, 0.6) is 0 Å². The highest BCUT2D eigenvalue weighted by molar-refractivity contribution is 5.78. The van der Waals surface area contributed by atoms with Crippen LogP contribution in [-0.4, -0.2) is 9.97 Å². The van der Waals surface area contributed by atoms with E-state index in [4.69, 9.17) is 5.84 Å². The Morgan fingerprint density at radius 1 is 1.38 bits per heavy atom. The van der Waals surface area contributed by atoms with Gasteiger partial charge in [-0.15, -0.1) is 0 Å². The van der Waals surface area contributed by atoms with E-state index in [1.54, 1.807) is 0 Å². The fourth-order valence-corrected chi connectivity index (χ4v) is 1.11. The van der Waals surface area contributed by atoms with Crippen molar-refractivity contribution >= 4 is 17.0 Å². The number of nitrogens with zero attached hydrogens (tertiary/aromatic N) is 1. The molecule has 2 rings (SSSR count). The third-order valence-corrected chi connectivity index (χ3v) is 1.64. The zero-order chi connectivity index (χ0) is 9.42. The molecule has 2 aromatic rings. The van der Waals surface area contributed by atoms with Crippen molar-refractivity contribution in [2.24, 2.45) is 5.84 Å². The number of imidazole rings is 1. The minimum absolute atomic E-state index is 0.0642. The van der Waals surface area contributed by atoms with Crippen molar-refractivity contribution < 1.29 is 8.78 Å². The monoisotopic (exact) mass is 184 g/mol. The number of fused-ring (bicyclic) bond motifs is 1. The lowest BCUT2D eigenvalue weighted by Gasteiger charge is -1.90. The summed E-state index contributed by atoms with van der Waals surface area (Å²) in [6, 6.07) is 1.91. The molecule has 1 heterocycles. The minimum atomic E-state index is -0.715. The summed E-state index contributed by atoms with van der Waals surface area (Å²) in [5.74, 6) is 3.87. The molecular weight excluding hydrogens is 178 g/mol. The molecule has 13 heavy (non-hydrogen) atoms. The fourth-order valence-electron chi connectivity index (χ4n) is 1.11. The number of nitrogen functional groups attached to an aromatic ring is 1. The Morgan fingerprint density at radius 2 is 2.15 bits per heavy atom. The van der Waals surface area contributed by atoms with Crippen molar-refractivity contribution in [3.05, 3.63) is 23.8 Å². The van der Waals surface area contributed by atoms with Gasteiger partial charge in [0.1, 0.15) is 11.3 Å². The number of H-pyrrole nitrogens is 1. The van der Waals surface area contributed by atoms with Crippen LogP contribution in [0.1, 0.15) is 0 Å². The predicted octanol–water partition coefficient (Wildman–Crippen LogP) is 1.13. The van der Waals surface area contributed by atoms with Gasteiger partial charge in [-0.25, -0.2) is 19.6 Å².